The molecule has 0 heterocycles. The van der Waals surface area contributed by atoms with E-state index in [1.165, 1.54) is 6.08 Å². The number of rotatable bonds is 4. The van der Waals surface area contributed by atoms with Gasteiger partial charge in [0.1, 0.15) is 0 Å². The van der Waals surface area contributed by atoms with Crippen LogP contribution < -0.4 is 5.32 Å². The van der Waals surface area contributed by atoms with E-state index in [1.807, 2.05) is 6.07 Å². The van der Waals surface area contributed by atoms with Crippen molar-refractivity contribution in [2.45, 2.75) is 31.2 Å². The van der Waals surface area contributed by atoms with Gasteiger partial charge in [-0.3, -0.25) is 4.79 Å². The Hall–Kier alpha value is -2.12. The van der Waals surface area contributed by atoms with Gasteiger partial charge >= 0.3 is 0 Å². The summed E-state index contributed by atoms with van der Waals surface area (Å²) in [7, 11) is 0. The van der Waals surface area contributed by atoms with Gasteiger partial charge in [0.25, 0.3) is 0 Å². The second-order valence-corrected chi connectivity index (χ2v) is 5.21. The molecule has 1 aromatic rings. The summed E-state index contributed by atoms with van der Waals surface area (Å²) in [6, 6.07) is 9.12. The number of nitrogens with one attached hydrogen (secondary N) is 1. The summed E-state index contributed by atoms with van der Waals surface area (Å²) in [5, 5.41) is 21.2. The molecule has 0 aromatic heterocycles. The number of nitrogens with zero attached hydrogens (tertiary/aromatic N) is 1. The zero-order valence-electron chi connectivity index (χ0n) is 11.3. The largest absolute Gasteiger partial charge is 0.394 e. The molecule has 20 heavy (non-hydrogen) atoms. The Labute approximate surface area is 118 Å². The van der Waals surface area contributed by atoms with Crippen molar-refractivity contribution in [3.8, 4) is 6.07 Å². The molecule has 0 saturated heterocycles. The lowest BCUT2D eigenvalue weighted by Crippen LogP contribution is -2.48. The fourth-order valence-corrected chi connectivity index (χ4v) is 2.56. The van der Waals surface area contributed by atoms with Gasteiger partial charge in [0, 0.05) is 6.08 Å². The number of carbonyl (C=O) groups is 1. The Balaban J connectivity index is 2.00. The van der Waals surface area contributed by atoms with Gasteiger partial charge in [-0.15, -0.1) is 0 Å². The van der Waals surface area contributed by atoms with Crippen molar-refractivity contribution in [2.75, 3.05) is 6.61 Å². The Kier molecular flexibility index (Phi) is 4.54. The topological polar surface area (TPSA) is 73.1 Å². The fraction of sp³-hybridized carbons (Fsp3) is 0.375. The maximum Gasteiger partial charge on any atom is 0.244 e. The molecule has 1 aliphatic carbocycles. The molecular formula is C16H18N2O2. The van der Waals surface area contributed by atoms with Crippen LogP contribution in [0.25, 0.3) is 6.08 Å². The van der Waals surface area contributed by atoms with Gasteiger partial charge in [0.15, 0.2) is 0 Å². The van der Waals surface area contributed by atoms with E-state index in [9.17, 15) is 9.90 Å². The van der Waals surface area contributed by atoms with E-state index in [0.29, 0.717) is 5.56 Å². The van der Waals surface area contributed by atoms with Gasteiger partial charge in [-0.1, -0.05) is 25.0 Å². The molecule has 0 atom stereocenters. The Morgan fingerprint density at radius 2 is 2.20 bits per heavy atom. The minimum absolute atomic E-state index is 0.0174. The van der Waals surface area contributed by atoms with E-state index in [-0.39, 0.29) is 12.5 Å². The second-order valence-electron chi connectivity index (χ2n) is 5.21. The molecule has 0 unspecified atom stereocenters. The van der Waals surface area contributed by atoms with Crippen LogP contribution in [-0.4, -0.2) is 23.2 Å². The standard InChI is InChI=1S/C16H18N2O2/c17-11-14-5-3-4-13(10-14)6-7-15(20)18-16(12-19)8-1-2-9-16/h3-7,10,19H,1-2,8-9,12H2,(H,18,20). The van der Waals surface area contributed by atoms with E-state index < -0.39 is 5.54 Å². The van der Waals surface area contributed by atoms with Crippen LogP contribution in [0.4, 0.5) is 0 Å². The van der Waals surface area contributed by atoms with Gasteiger partial charge in [-0.25, -0.2) is 0 Å². The zero-order valence-corrected chi connectivity index (χ0v) is 11.3. The Morgan fingerprint density at radius 1 is 1.45 bits per heavy atom. The van der Waals surface area contributed by atoms with Crippen molar-refractivity contribution in [3.63, 3.8) is 0 Å². The average Bonchev–Trinajstić information content (AvgIpc) is 2.94. The van der Waals surface area contributed by atoms with Crippen LogP contribution >= 0.6 is 0 Å². The van der Waals surface area contributed by atoms with E-state index in [0.717, 1.165) is 31.2 Å². The van der Waals surface area contributed by atoms with Crippen LogP contribution in [-0.2, 0) is 4.79 Å². The molecule has 0 bridgehead atoms. The summed E-state index contributed by atoms with van der Waals surface area (Å²) in [4.78, 5) is 11.9. The highest BCUT2D eigenvalue weighted by Gasteiger charge is 2.33. The molecule has 4 heteroatoms. The molecule has 0 aliphatic heterocycles. The van der Waals surface area contributed by atoms with Crippen LogP contribution in [0.3, 0.4) is 0 Å². The van der Waals surface area contributed by atoms with E-state index >= 15 is 0 Å². The quantitative estimate of drug-likeness (QED) is 0.822. The highest BCUT2D eigenvalue weighted by molar-refractivity contribution is 5.92. The summed E-state index contributed by atoms with van der Waals surface area (Å²) in [5.74, 6) is -0.205. The minimum atomic E-state index is -0.448. The van der Waals surface area contributed by atoms with Crippen molar-refractivity contribution in [3.05, 3.63) is 41.5 Å². The zero-order chi connectivity index (χ0) is 14.4. The van der Waals surface area contributed by atoms with Gasteiger partial charge in [-0.05, 0) is 36.6 Å². The molecule has 1 fully saturated rings. The minimum Gasteiger partial charge on any atom is -0.394 e. The number of benzene rings is 1. The summed E-state index contributed by atoms with van der Waals surface area (Å²) < 4.78 is 0. The maximum atomic E-state index is 11.9. The highest BCUT2D eigenvalue weighted by atomic mass is 16.3. The first-order valence-electron chi connectivity index (χ1n) is 6.79. The van der Waals surface area contributed by atoms with E-state index in [2.05, 4.69) is 11.4 Å². The van der Waals surface area contributed by atoms with Crippen molar-refractivity contribution >= 4 is 12.0 Å². The lowest BCUT2D eigenvalue weighted by atomic mass is 9.99. The molecule has 104 valence electrons. The Bertz CT molecular complexity index is 552. The first-order valence-corrected chi connectivity index (χ1v) is 6.79. The highest BCUT2D eigenvalue weighted by Crippen LogP contribution is 2.29. The first kappa shape index (κ1) is 14.3. The number of nitriles is 1. The van der Waals surface area contributed by atoms with Crippen LogP contribution in [0.15, 0.2) is 30.3 Å². The number of hydrogen-bond donors (Lipinski definition) is 2. The predicted octanol–water partition coefficient (Wildman–Crippen LogP) is 1.99. The van der Waals surface area contributed by atoms with Gasteiger partial charge in [0.05, 0.1) is 23.8 Å². The molecular weight excluding hydrogens is 252 g/mol. The maximum absolute atomic E-state index is 11.9. The normalized spacial score (nSPS) is 17.0. The average molecular weight is 270 g/mol. The van der Waals surface area contributed by atoms with Gasteiger partial charge in [0.2, 0.25) is 5.91 Å². The SMILES string of the molecule is N#Cc1cccc(C=CC(=O)NC2(CO)CCCC2)c1. The number of aliphatic hydroxyl groups excluding tert-OH is 1. The molecule has 2 N–H and O–H groups in total. The van der Waals surface area contributed by atoms with Gasteiger partial charge < -0.3 is 10.4 Å². The number of amides is 1. The smallest absolute Gasteiger partial charge is 0.244 e. The van der Waals surface area contributed by atoms with Gasteiger partial charge in [-0.2, -0.15) is 5.26 Å². The molecule has 1 aromatic carbocycles. The summed E-state index contributed by atoms with van der Waals surface area (Å²) >= 11 is 0. The lowest BCUT2D eigenvalue weighted by molar-refractivity contribution is -0.118. The molecule has 1 aliphatic rings. The summed E-state index contributed by atoms with van der Waals surface area (Å²) in [6.45, 7) is -0.0174. The molecule has 2 rings (SSSR count). The fourth-order valence-electron chi connectivity index (χ4n) is 2.56. The number of carbonyl (C=O) groups excluding carboxylic acids is 1. The first-order chi connectivity index (χ1) is 9.67. The number of hydrogen-bond acceptors (Lipinski definition) is 3. The monoisotopic (exact) mass is 270 g/mol. The van der Waals surface area contributed by atoms with Crippen molar-refractivity contribution in [1.82, 2.24) is 5.32 Å². The van der Waals surface area contributed by atoms with E-state index in [4.69, 9.17) is 5.26 Å². The van der Waals surface area contributed by atoms with Crippen LogP contribution in [0.5, 0.6) is 0 Å². The molecule has 1 saturated carbocycles. The second kappa shape index (κ2) is 6.36. The summed E-state index contributed by atoms with van der Waals surface area (Å²) in [5.41, 5.74) is 0.925. The third-order valence-corrected chi connectivity index (χ3v) is 3.69. The third-order valence-electron chi connectivity index (χ3n) is 3.69. The van der Waals surface area contributed by atoms with Crippen LogP contribution in [0.1, 0.15) is 36.8 Å². The summed E-state index contributed by atoms with van der Waals surface area (Å²) in [6.07, 6.45) is 6.85. The van der Waals surface area contributed by atoms with Crippen LogP contribution in [0, 0.1) is 11.3 Å². The van der Waals surface area contributed by atoms with E-state index in [1.54, 1.807) is 24.3 Å². The van der Waals surface area contributed by atoms with Crippen molar-refractivity contribution < 1.29 is 9.90 Å². The molecule has 4 nitrogen and oxygen atoms in total. The van der Waals surface area contributed by atoms with Crippen molar-refractivity contribution in [1.29, 1.82) is 5.26 Å². The molecule has 0 radical (unpaired) electrons. The third kappa shape index (κ3) is 3.46. The molecule has 0 spiro atoms. The van der Waals surface area contributed by atoms with Crippen LogP contribution in [0.2, 0.25) is 0 Å². The Morgan fingerprint density at radius 3 is 2.85 bits per heavy atom. The van der Waals surface area contributed by atoms with Crippen molar-refractivity contribution in [2.24, 2.45) is 0 Å². The number of aliphatic hydroxyl groups is 1. The molecule has 1 amide bonds. The predicted molar refractivity (Wildman–Crippen MR) is 76.6 cm³/mol. The lowest BCUT2D eigenvalue weighted by Gasteiger charge is -2.27.